The smallest absolute Gasteiger partial charge is 0.298 e. The molecule has 1 aliphatic rings. The van der Waals surface area contributed by atoms with Gasteiger partial charge in [-0.2, -0.15) is 0 Å². The fourth-order valence-electron chi connectivity index (χ4n) is 2.04. The highest BCUT2D eigenvalue weighted by Gasteiger charge is 2.39. The Morgan fingerprint density at radius 3 is 2.58 bits per heavy atom. The topological polar surface area (TPSA) is 54.5 Å². The van der Waals surface area contributed by atoms with E-state index < -0.39 is 23.3 Å². The lowest BCUT2D eigenvalue weighted by Crippen LogP contribution is -2.35. The predicted octanol–water partition coefficient (Wildman–Crippen LogP) is 1.86. The summed E-state index contributed by atoms with van der Waals surface area (Å²) in [6.07, 6.45) is 0.823. The lowest BCUT2D eigenvalue weighted by molar-refractivity contribution is -0.120. The predicted molar refractivity (Wildman–Crippen MR) is 63.0 cm³/mol. The molecule has 1 aromatic rings. The Kier molecular flexibility index (Phi) is 3.42. The Balaban J connectivity index is 2.41. The quantitative estimate of drug-likeness (QED) is 0.782. The van der Waals surface area contributed by atoms with Gasteiger partial charge in [0.1, 0.15) is 5.82 Å². The lowest BCUT2D eigenvalue weighted by atomic mass is 10.1. The summed E-state index contributed by atoms with van der Waals surface area (Å²) in [6, 6.07) is 1.39. The summed E-state index contributed by atoms with van der Waals surface area (Å²) >= 11 is 0. The van der Waals surface area contributed by atoms with Gasteiger partial charge in [0, 0.05) is 12.5 Å². The molecule has 0 fully saturated rings. The van der Waals surface area contributed by atoms with Crippen LogP contribution in [0.3, 0.4) is 0 Å². The number of rotatable bonds is 4. The molecule has 4 nitrogen and oxygen atoms in total. The first kappa shape index (κ1) is 13.3. The number of ketones is 2. The monoisotopic (exact) mass is 267 g/mol. The molecule has 0 unspecified atom stereocenters. The van der Waals surface area contributed by atoms with E-state index in [0.29, 0.717) is 12.5 Å². The van der Waals surface area contributed by atoms with Crippen molar-refractivity contribution in [2.45, 2.75) is 19.8 Å². The van der Waals surface area contributed by atoms with Gasteiger partial charge in [0.05, 0.1) is 17.8 Å². The van der Waals surface area contributed by atoms with Gasteiger partial charge in [-0.1, -0.05) is 6.92 Å². The minimum absolute atomic E-state index is 0.232. The Labute approximate surface area is 108 Å². The summed E-state index contributed by atoms with van der Waals surface area (Å²) in [5.41, 5.74) is -0.632. The molecule has 19 heavy (non-hydrogen) atoms. The van der Waals surface area contributed by atoms with Gasteiger partial charge in [0.25, 0.3) is 11.7 Å². The van der Waals surface area contributed by atoms with Gasteiger partial charge in [0.15, 0.2) is 11.6 Å². The molecule has 0 bridgehead atoms. The Hall–Kier alpha value is -2.11. The van der Waals surface area contributed by atoms with Crippen LogP contribution in [0.25, 0.3) is 0 Å². The molecule has 1 aliphatic heterocycles. The number of hydrogen-bond acceptors (Lipinski definition) is 3. The number of benzene rings is 1. The van der Waals surface area contributed by atoms with Crippen LogP contribution in [0.1, 0.15) is 30.1 Å². The first-order valence-electron chi connectivity index (χ1n) is 5.82. The fourth-order valence-corrected chi connectivity index (χ4v) is 2.04. The van der Waals surface area contributed by atoms with E-state index in [4.69, 9.17) is 0 Å². The van der Waals surface area contributed by atoms with Gasteiger partial charge in [-0.15, -0.1) is 0 Å². The number of fused-ring (bicyclic) bond motifs is 1. The van der Waals surface area contributed by atoms with Crippen LogP contribution >= 0.6 is 0 Å². The van der Waals surface area contributed by atoms with Crippen LogP contribution in [0, 0.1) is 11.6 Å². The maximum atomic E-state index is 13.7. The number of hydrogen-bond donors (Lipinski definition) is 0. The van der Waals surface area contributed by atoms with Crippen LogP contribution < -0.4 is 4.90 Å². The maximum Gasteiger partial charge on any atom is 0.299 e. The van der Waals surface area contributed by atoms with Gasteiger partial charge in [-0.3, -0.25) is 19.3 Å². The number of nitrogens with zero attached hydrogens (tertiary/aromatic N) is 1. The summed E-state index contributed by atoms with van der Waals surface area (Å²) in [6.45, 7) is 1.42. The van der Waals surface area contributed by atoms with E-state index in [-0.39, 0.29) is 30.0 Å². The van der Waals surface area contributed by atoms with Crippen molar-refractivity contribution in [2.75, 3.05) is 11.4 Å². The van der Waals surface area contributed by atoms with Crippen molar-refractivity contribution in [1.29, 1.82) is 0 Å². The normalized spacial score (nSPS) is 13.9. The molecule has 1 amide bonds. The third kappa shape index (κ3) is 2.25. The van der Waals surface area contributed by atoms with Gasteiger partial charge >= 0.3 is 0 Å². The summed E-state index contributed by atoms with van der Waals surface area (Å²) in [4.78, 5) is 35.6. The highest BCUT2D eigenvalue weighted by atomic mass is 19.1. The average molecular weight is 267 g/mol. The van der Waals surface area contributed by atoms with Crippen molar-refractivity contribution in [3.63, 3.8) is 0 Å². The number of carbonyl (C=O) groups is 3. The Bertz CT molecular complexity index is 583. The van der Waals surface area contributed by atoms with Crippen LogP contribution in [0.5, 0.6) is 0 Å². The summed E-state index contributed by atoms with van der Waals surface area (Å²) in [7, 11) is 0. The van der Waals surface area contributed by atoms with Gasteiger partial charge < -0.3 is 0 Å². The molecular formula is C13H11F2NO3. The van der Waals surface area contributed by atoms with Gasteiger partial charge in [0.2, 0.25) is 0 Å². The molecule has 6 heteroatoms. The van der Waals surface area contributed by atoms with E-state index in [1.807, 2.05) is 0 Å². The second-order valence-corrected chi connectivity index (χ2v) is 4.29. The second kappa shape index (κ2) is 4.87. The highest BCUT2D eigenvalue weighted by Crippen LogP contribution is 2.32. The van der Waals surface area contributed by atoms with Crippen molar-refractivity contribution in [2.24, 2.45) is 0 Å². The Morgan fingerprint density at radius 1 is 1.26 bits per heavy atom. The van der Waals surface area contributed by atoms with E-state index in [0.717, 1.165) is 11.0 Å². The van der Waals surface area contributed by atoms with E-state index in [1.165, 1.54) is 0 Å². The fraction of sp³-hybridized carbons (Fsp3) is 0.308. The molecule has 0 saturated heterocycles. The van der Waals surface area contributed by atoms with Gasteiger partial charge in [-0.05, 0) is 12.5 Å². The number of carbonyl (C=O) groups excluding carboxylic acids is 3. The van der Waals surface area contributed by atoms with Crippen molar-refractivity contribution < 1.29 is 23.2 Å². The standard InChI is InChI=1S/C13H11F2NO3/c1-2-3-8(17)6-16-11-9(12(18)13(16)19)4-7(14)5-10(11)15/h4-5H,2-3,6H2,1H3. The van der Waals surface area contributed by atoms with E-state index in [1.54, 1.807) is 6.92 Å². The summed E-state index contributed by atoms with van der Waals surface area (Å²) in [5, 5.41) is 0. The zero-order valence-corrected chi connectivity index (χ0v) is 10.2. The number of anilines is 1. The number of Topliss-reactive ketones (excluding diaryl/α,β-unsaturated/α-hetero) is 2. The largest absolute Gasteiger partial charge is 0.299 e. The minimum Gasteiger partial charge on any atom is -0.298 e. The van der Waals surface area contributed by atoms with Crippen molar-refractivity contribution >= 4 is 23.2 Å². The molecule has 0 N–H and O–H groups in total. The molecule has 1 aromatic carbocycles. The van der Waals surface area contributed by atoms with Crippen LogP contribution in [-0.2, 0) is 9.59 Å². The molecule has 0 radical (unpaired) electrons. The molecule has 0 aliphatic carbocycles. The zero-order valence-electron chi connectivity index (χ0n) is 10.2. The molecule has 0 spiro atoms. The molecule has 0 aromatic heterocycles. The molecule has 0 atom stereocenters. The minimum atomic E-state index is -1.02. The van der Waals surface area contributed by atoms with Crippen LogP contribution in [0.2, 0.25) is 0 Å². The van der Waals surface area contributed by atoms with E-state index in [9.17, 15) is 23.2 Å². The second-order valence-electron chi connectivity index (χ2n) is 4.29. The lowest BCUT2D eigenvalue weighted by Gasteiger charge is -2.15. The number of amides is 1. The molecule has 2 rings (SSSR count). The molecule has 0 saturated carbocycles. The van der Waals surface area contributed by atoms with Crippen molar-refractivity contribution in [3.8, 4) is 0 Å². The first-order valence-corrected chi connectivity index (χ1v) is 5.82. The third-order valence-corrected chi connectivity index (χ3v) is 2.85. The van der Waals surface area contributed by atoms with Gasteiger partial charge in [-0.25, -0.2) is 8.78 Å². The molecule has 1 heterocycles. The van der Waals surface area contributed by atoms with Crippen molar-refractivity contribution in [1.82, 2.24) is 0 Å². The van der Waals surface area contributed by atoms with Crippen LogP contribution in [0.4, 0.5) is 14.5 Å². The summed E-state index contributed by atoms with van der Waals surface area (Å²) < 4.78 is 26.7. The van der Waals surface area contributed by atoms with Crippen LogP contribution in [0.15, 0.2) is 12.1 Å². The van der Waals surface area contributed by atoms with Crippen LogP contribution in [-0.4, -0.2) is 24.0 Å². The SMILES string of the molecule is CCCC(=O)CN1C(=O)C(=O)c2cc(F)cc(F)c21. The maximum absolute atomic E-state index is 13.7. The first-order chi connectivity index (χ1) is 8.95. The molecule has 100 valence electrons. The van der Waals surface area contributed by atoms with E-state index in [2.05, 4.69) is 0 Å². The third-order valence-electron chi connectivity index (χ3n) is 2.85. The highest BCUT2D eigenvalue weighted by molar-refractivity contribution is 6.52. The van der Waals surface area contributed by atoms with E-state index >= 15 is 0 Å². The molecular weight excluding hydrogens is 256 g/mol. The summed E-state index contributed by atoms with van der Waals surface area (Å²) in [5.74, 6) is -4.21. The zero-order chi connectivity index (χ0) is 14.2. The number of halogens is 2. The average Bonchev–Trinajstić information content (AvgIpc) is 2.55. The van der Waals surface area contributed by atoms with Crippen molar-refractivity contribution in [3.05, 3.63) is 29.3 Å². The Morgan fingerprint density at radius 2 is 1.95 bits per heavy atom.